The lowest BCUT2D eigenvalue weighted by Crippen LogP contribution is -2.35. The van der Waals surface area contributed by atoms with Gasteiger partial charge in [-0.05, 0) is 75.6 Å². The van der Waals surface area contributed by atoms with Gasteiger partial charge in [-0.15, -0.1) is 0 Å². The number of rotatable bonds is 35. The average molecular weight is 907 g/mol. The zero-order valence-corrected chi connectivity index (χ0v) is 41.3. The molecule has 0 saturated carbocycles. The van der Waals surface area contributed by atoms with Gasteiger partial charge in [0.2, 0.25) is 11.5 Å². The van der Waals surface area contributed by atoms with Gasteiger partial charge in [0.25, 0.3) is 0 Å². The molecule has 0 unspecified atom stereocenters. The fourth-order valence-electron chi connectivity index (χ4n) is 7.03. The minimum Gasteiger partial charge on any atom is -0.493 e. The molecule has 1 heterocycles. The summed E-state index contributed by atoms with van der Waals surface area (Å²) in [7, 11) is 0. The molecule has 0 spiro atoms. The number of carbonyl (C=O) groups excluding carboxylic acids is 1. The van der Waals surface area contributed by atoms with Crippen LogP contribution in [0.2, 0.25) is 0 Å². The highest BCUT2D eigenvalue weighted by Crippen LogP contribution is 2.48. The molecule has 0 saturated heterocycles. The molecule has 11 nitrogen and oxygen atoms in total. The summed E-state index contributed by atoms with van der Waals surface area (Å²) in [6.07, 6.45) is 13.4. The van der Waals surface area contributed by atoms with Crippen LogP contribution in [0.15, 0.2) is 36.4 Å². The lowest BCUT2D eigenvalue weighted by Gasteiger charge is -2.35. The van der Waals surface area contributed by atoms with Crippen molar-refractivity contribution in [2.75, 3.05) is 52.9 Å². The number of carbonyl (C=O) groups is 1. The standard InChI is InChI=1S/C54H82O11/c1-9-17-27-56-41-37-45(58-29-19-11-3)43-39-49(65-54(55)42-25-26-44(57-28-18-10-2)53(63-34-24-16-8)51(42)61-32-22-14-6)50(64-46(43)38-41)40-35-47(59-30-20-12-4)52(62-33-23-15-7)48(36-40)60-31-21-13-5/h25-26,35-38,49-50H,9-24,27-34,39H2,1-8H3/t49-,50-/m1/s1. The Morgan fingerprint density at radius 1 is 0.477 bits per heavy atom. The van der Waals surface area contributed by atoms with Crippen molar-refractivity contribution in [3.05, 3.63) is 53.1 Å². The van der Waals surface area contributed by atoms with Crippen molar-refractivity contribution in [1.82, 2.24) is 0 Å². The summed E-state index contributed by atoms with van der Waals surface area (Å²) >= 11 is 0. The van der Waals surface area contributed by atoms with Crippen LogP contribution >= 0.6 is 0 Å². The van der Waals surface area contributed by atoms with Crippen LogP contribution in [-0.2, 0) is 11.2 Å². The summed E-state index contributed by atoms with van der Waals surface area (Å²) in [4.78, 5) is 14.9. The van der Waals surface area contributed by atoms with E-state index in [1.54, 1.807) is 12.1 Å². The number of ether oxygens (including phenoxy) is 10. The minimum absolute atomic E-state index is 0.255. The van der Waals surface area contributed by atoms with Gasteiger partial charge in [0, 0.05) is 29.7 Å². The van der Waals surface area contributed by atoms with Gasteiger partial charge in [0.15, 0.2) is 29.1 Å². The van der Waals surface area contributed by atoms with Crippen molar-refractivity contribution in [3.8, 4) is 51.7 Å². The third-order valence-corrected chi connectivity index (χ3v) is 11.1. The van der Waals surface area contributed by atoms with E-state index in [9.17, 15) is 4.79 Å². The maximum Gasteiger partial charge on any atom is 0.342 e. The summed E-state index contributed by atoms with van der Waals surface area (Å²) in [6.45, 7) is 21.0. The molecule has 0 bridgehead atoms. The Hall–Kier alpha value is -4.67. The first kappa shape index (κ1) is 52.9. The van der Waals surface area contributed by atoms with Crippen LogP contribution in [0.1, 0.15) is 186 Å². The van der Waals surface area contributed by atoms with Crippen LogP contribution in [-0.4, -0.2) is 64.9 Å². The van der Waals surface area contributed by atoms with Gasteiger partial charge < -0.3 is 47.4 Å². The highest BCUT2D eigenvalue weighted by Gasteiger charge is 2.39. The largest absolute Gasteiger partial charge is 0.493 e. The SMILES string of the molecule is CCCCOc1cc(OCCCC)c2c(c1)O[C@H](c1cc(OCCCC)c(OCCCC)c(OCCCC)c1)[C@H](OC(=O)c1ccc(OCCCC)c(OCCCC)c1OCCCC)C2. The molecule has 3 aromatic rings. The maximum absolute atomic E-state index is 14.9. The Morgan fingerprint density at radius 3 is 1.42 bits per heavy atom. The van der Waals surface area contributed by atoms with Crippen LogP contribution in [0, 0.1) is 0 Å². The second-order valence-corrected chi connectivity index (χ2v) is 16.8. The minimum atomic E-state index is -0.817. The molecule has 65 heavy (non-hydrogen) atoms. The normalized spacial score (nSPS) is 14.2. The van der Waals surface area contributed by atoms with Crippen molar-refractivity contribution in [1.29, 1.82) is 0 Å². The topological polar surface area (TPSA) is 109 Å². The number of unbranched alkanes of at least 4 members (excludes halogenated alkanes) is 8. The van der Waals surface area contributed by atoms with E-state index < -0.39 is 18.2 Å². The van der Waals surface area contributed by atoms with Gasteiger partial charge in [0.05, 0.1) is 52.9 Å². The van der Waals surface area contributed by atoms with Crippen molar-refractivity contribution in [2.24, 2.45) is 0 Å². The molecule has 3 aromatic carbocycles. The molecular weight excluding hydrogens is 825 g/mol. The lowest BCUT2D eigenvalue weighted by molar-refractivity contribution is -0.0193. The summed E-state index contributed by atoms with van der Waals surface area (Å²) in [5.41, 5.74) is 1.78. The Kier molecular flexibility index (Phi) is 24.9. The molecule has 0 aliphatic carbocycles. The molecule has 4 rings (SSSR count). The van der Waals surface area contributed by atoms with Gasteiger partial charge in [-0.2, -0.15) is 0 Å². The fourth-order valence-corrected chi connectivity index (χ4v) is 7.03. The van der Waals surface area contributed by atoms with Crippen LogP contribution in [0.4, 0.5) is 0 Å². The van der Waals surface area contributed by atoms with Crippen molar-refractivity contribution in [3.63, 3.8) is 0 Å². The molecule has 0 radical (unpaired) electrons. The van der Waals surface area contributed by atoms with E-state index in [-0.39, 0.29) is 5.56 Å². The molecule has 0 aromatic heterocycles. The first-order chi connectivity index (χ1) is 31.9. The van der Waals surface area contributed by atoms with E-state index >= 15 is 0 Å². The van der Waals surface area contributed by atoms with Gasteiger partial charge in [-0.3, -0.25) is 0 Å². The van der Waals surface area contributed by atoms with Crippen molar-refractivity contribution < 1.29 is 52.2 Å². The summed E-state index contributed by atoms with van der Waals surface area (Å²) in [6, 6.07) is 11.3. The maximum atomic E-state index is 14.9. The molecule has 0 fully saturated rings. The molecule has 2 atom stereocenters. The fraction of sp³-hybridized carbons (Fsp3) is 0.648. The molecular formula is C54H82O11. The van der Waals surface area contributed by atoms with Gasteiger partial charge in [-0.1, -0.05) is 107 Å². The van der Waals surface area contributed by atoms with E-state index in [1.165, 1.54) is 0 Å². The van der Waals surface area contributed by atoms with E-state index in [0.29, 0.717) is 111 Å². The van der Waals surface area contributed by atoms with Crippen molar-refractivity contribution in [2.45, 2.75) is 177 Å². The molecule has 364 valence electrons. The zero-order chi connectivity index (χ0) is 46.7. The number of hydrogen-bond acceptors (Lipinski definition) is 11. The van der Waals surface area contributed by atoms with E-state index in [2.05, 4.69) is 55.4 Å². The number of fused-ring (bicyclic) bond motifs is 1. The zero-order valence-electron chi connectivity index (χ0n) is 41.3. The van der Waals surface area contributed by atoms with Gasteiger partial charge in [-0.25, -0.2) is 4.79 Å². The molecule has 1 aliphatic rings. The predicted molar refractivity (Wildman–Crippen MR) is 259 cm³/mol. The van der Waals surface area contributed by atoms with Crippen LogP contribution in [0.5, 0.6) is 51.7 Å². The quantitative estimate of drug-likeness (QED) is 0.0416. The Bertz CT molecular complexity index is 1780. The lowest BCUT2D eigenvalue weighted by atomic mass is 9.93. The summed E-state index contributed by atoms with van der Waals surface area (Å²) < 4.78 is 65.0. The average Bonchev–Trinajstić information content (AvgIpc) is 3.30. The smallest absolute Gasteiger partial charge is 0.342 e. The Balaban J connectivity index is 1.91. The van der Waals surface area contributed by atoms with Crippen LogP contribution < -0.4 is 42.6 Å². The first-order valence-electron chi connectivity index (χ1n) is 25.3. The number of hydrogen-bond donors (Lipinski definition) is 0. The molecule has 11 heteroatoms. The third kappa shape index (κ3) is 16.6. The first-order valence-corrected chi connectivity index (χ1v) is 25.3. The monoisotopic (exact) mass is 907 g/mol. The van der Waals surface area contributed by atoms with E-state index in [4.69, 9.17) is 47.4 Å². The van der Waals surface area contributed by atoms with Crippen LogP contribution in [0.3, 0.4) is 0 Å². The second-order valence-electron chi connectivity index (χ2n) is 16.8. The highest BCUT2D eigenvalue weighted by atomic mass is 16.6. The predicted octanol–water partition coefficient (Wildman–Crippen LogP) is 14.0. The summed E-state index contributed by atoms with van der Waals surface area (Å²) in [5.74, 6) is 4.36. The number of benzene rings is 3. The Labute approximate surface area is 391 Å². The van der Waals surface area contributed by atoms with E-state index in [1.807, 2.05) is 24.3 Å². The summed E-state index contributed by atoms with van der Waals surface area (Å²) in [5, 5.41) is 0. The highest BCUT2D eigenvalue weighted by molar-refractivity contribution is 5.94. The van der Waals surface area contributed by atoms with E-state index in [0.717, 1.165) is 114 Å². The van der Waals surface area contributed by atoms with Crippen molar-refractivity contribution >= 4 is 5.97 Å². The number of esters is 1. The molecule has 1 aliphatic heterocycles. The second kappa shape index (κ2) is 30.5. The third-order valence-electron chi connectivity index (χ3n) is 11.1. The van der Waals surface area contributed by atoms with Gasteiger partial charge >= 0.3 is 5.97 Å². The van der Waals surface area contributed by atoms with Gasteiger partial charge in [0.1, 0.15) is 28.9 Å². The molecule has 0 N–H and O–H groups in total. The van der Waals surface area contributed by atoms with Crippen LogP contribution in [0.25, 0.3) is 0 Å². The molecule has 0 amide bonds. The Morgan fingerprint density at radius 2 is 0.908 bits per heavy atom.